The van der Waals surface area contributed by atoms with E-state index in [4.69, 9.17) is 14.0 Å². The summed E-state index contributed by atoms with van der Waals surface area (Å²) in [6.07, 6.45) is 0. The molecule has 1 aromatic heterocycles. The summed E-state index contributed by atoms with van der Waals surface area (Å²) in [4.78, 5) is 35.5. The molecule has 0 bridgehead atoms. The van der Waals surface area contributed by atoms with E-state index >= 15 is 0 Å². The first-order chi connectivity index (χ1) is 11.5. The summed E-state index contributed by atoms with van der Waals surface area (Å²) in [7, 11) is 0. The number of ether oxygens (including phenoxy) is 2. The van der Waals surface area contributed by atoms with Gasteiger partial charge in [0, 0.05) is 5.56 Å². The van der Waals surface area contributed by atoms with Crippen molar-refractivity contribution in [2.24, 2.45) is 0 Å². The van der Waals surface area contributed by atoms with Crippen LogP contribution in [0.5, 0.6) is 5.75 Å². The van der Waals surface area contributed by atoms with E-state index in [1.54, 1.807) is 26.0 Å². The predicted molar refractivity (Wildman–Crippen MR) is 81.2 cm³/mol. The standard InChI is InChI=1S/C16H14N2O6/c1-8-15(9(2)24-18-8)16(21)23-6-12(19)10-3-4-13-11(5-10)17-14(20)7-22-13/h3-5H,6-7H2,1-2H3,(H,17,20). The monoisotopic (exact) mass is 330 g/mol. The summed E-state index contributed by atoms with van der Waals surface area (Å²) in [5.41, 5.74) is 1.33. The molecule has 1 amide bonds. The zero-order valence-electron chi connectivity index (χ0n) is 13.0. The molecule has 0 radical (unpaired) electrons. The number of benzene rings is 1. The fourth-order valence-electron chi connectivity index (χ4n) is 2.32. The Kier molecular flexibility index (Phi) is 4.03. The van der Waals surface area contributed by atoms with E-state index in [1.807, 2.05) is 0 Å². The minimum absolute atomic E-state index is 0.0602. The molecule has 0 saturated heterocycles. The van der Waals surface area contributed by atoms with Crippen molar-refractivity contribution in [2.75, 3.05) is 18.5 Å². The number of hydrogen-bond donors (Lipinski definition) is 1. The molecule has 0 fully saturated rings. The van der Waals surface area contributed by atoms with Gasteiger partial charge in [0.15, 0.2) is 19.0 Å². The van der Waals surface area contributed by atoms with Gasteiger partial charge < -0.3 is 19.3 Å². The third kappa shape index (κ3) is 2.98. The molecule has 8 heteroatoms. The van der Waals surface area contributed by atoms with Crippen molar-refractivity contribution in [1.82, 2.24) is 5.16 Å². The third-order valence-electron chi connectivity index (χ3n) is 3.51. The second-order valence-electron chi connectivity index (χ2n) is 5.25. The Morgan fingerprint density at radius 3 is 2.83 bits per heavy atom. The van der Waals surface area contributed by atoms with Crippen LogP contribution in [0, 0.1) is 13.8 Å². The molecular formula is C16H14N2O6. The number of hydrogen-bond acceptors (Lipinski definition) is 7. The van der Waals surface area contributed by atoms with Crippen molar-refractivity contribution >= 4 is 23.3 Å². The lowest BCUT2D eigenvalue weighted by Crippen LogP contribution is -2.25. The fraction of sp³-hybridized carbons (Fsp3) is 0.250. The van der Waals surface area contributed by atoms with Crippen molar-refractivity contribution in [3.05, 3.63) is 40.8 Å². The van der Waals surface area contributed by atoms with Gasteiger partial charge in [-0.1, -0.05) is 5.16 Å². The van der Waals surface area contributed by atoms with E-state index in [9.17, 15) is 14.4 Å². The highest BCUT2D eigenvalue weighted by atomic mass is 16.5. The smallest absolute Gasteiger partial charge is 0.344 e. The van der Waals surface area contributed by atoms with Crippen molar-refractivity contribution in [3.8, 4) is 5.75 Å². The second-order valence-corrected chi connectivity index (χ2v) is 5.25. The van der Waals surface area contributed by atoms with Gasteiger partial charge in [-0.2, -0.15) is 0 Å². The Labute approximate surface area is 136 Å². The number of fused-ring (bicyclic) bond motifs is 1. The van der Waals surface area contributed by atoms with Gasteiger partial charge in [0.1, 0.15) is 17.1 Å². The van der Waals surface area contributed by atoms with Crippen molar-refractivity contribution in [3.63, 3.8) is 0 Å². The first-order valence-electron chi connectivity index (χ1n) is 7.15. The number of Topliss-reactive ketones (excluding diaryl/α,β-unsaturated/α-hetero) is 1. The van der Waals surface area contributed by atoms with Gasteiger partial charge in [-0.15, -0.1) is 0 Å². The van der Waals surface area contributed by atoms with E-state index in [2.05, 4.69) is 10.5 Å². The maximum absolute atomic E-state index is 12.2. The molecule has 0 spiro atoms. The molecule has 1 aliphatic rings. The van der Waals surface area contributed by atoms with Gasteiger partial charge >= 0.3 is 5.97 Å². The molecule has 0 saturated carbocycles. The number of aryl methyl sites for hydroxylation is 2. The second kappa shape index (κ2) is 6.15. The van der Waals surface area contributed by atoms with Crippen LogP contribution in [0.3, 0.4) is 0 Å². The summed E-state index contributed by atoms with van der Waals surface area (Å²) in [6, 6.07) is 4.61. The molecule has 3 rings (SSSR count). The van der Waals surface area contributed by atoms with Crippen LogP contribution >= 0.6 is 0 Å². The van der Waals surface area contributed by atoms with Crippen LogP contribution in [0.15, 0.2) is 22.7 Å². The normalized spacial score (nSPS) is 12.8. The minimum atomic E-state index is -0.672. The summed E-state index contributed by atoms with van der Waals surface area (Å²) < 4.78 is 15.1. The molecule has 0 atom stereocenters. The Balaban J connectivity index is 1.68. The summed E-state index contributed by atoms with van der Waals surface area (Å²) in [5, 5.41) is 6.28. The number of ketones is 1. The number of amides is 1. The van der Waals surface area contributed by atoms with Gasteiger partial charge in [0.05, 0.1) is 11.4 Å². The Morgan fingerprint density at radius 1 is 1.33 bits per heavy atom. The number of carbonyl (C=O) groups is 3. The zero-order chi connectivity index (χ0) is 17.3. The first-order valence-corrected chi connectivity index (χ1v) is 7.15. The van der Waals surface area contributed by atoms with Crippen LogP contribution in [0.2, 0.25) is 0 Å². The average Bonchev–Trinajstić information content (AvgIpc) is 2.90. The molecule has 24 heavy (non-hydrogen) atoms. The number of aromatic nitrogens is 1. The Morgan fingerprint density at radius 2 is 2.12 bits per heavy atom. The Hall–Kier alpha value is -3.16. The van der Waals surface area contributed by atoms with E-state index in [0.29, 0.717) is 28.5 Å². The molecule has 2 aromatic rings. The molecule has 1 aromatic carbocycles. The number of nitrogens with one attached hydrogen (secondary N) is 1. The molecule has 8 nitrogen and oxygen atoms in total. The molecular weight excluding hydrogens is 316 g/mol. The van der Waals surface area contributed by atoms with E-state index in [1.165, 1.54) is 6.07 Å². The predicted octanol–water partition coefficient (Wildman–Crippen LogP) is 1.66. The maximum atomic E-state index is 12.2. The number of nitrogens with zero attached hydrogens (tertiary/aromatic N) is 1. The Bertz CT molecular complexity index is 820. The van der Waals surface area contributed by atoms with Crippen LogP contribution in [0.4, 0.5) is 5.69 Å². The van der Waals surface area contributed by atoms with Crippen molar-refractivity contribution in [1.29, 1.82) is 0 Å². The fourth-order valence-corrected chi connectivity index (χ4v) is 2.32. The molecule has 124 valence electrons. The summed E-state index contributed by atoms with van der Waals surface area (Å²) >= 11 is 0. The molecule has 1 aliphatic heterocycles. The van der Waals surface area contributed by atoms with Crippen molar-refractivity contribution in [2.45, 2.75) is 13.8 Å². The van der Waals surface area contributed by atoms with Crippen LogP contribution < -0.4 is 10.1 Å². The zero-order valence-corrected chi connectivity index (χ0v) is 13.0. The molecule has 0 unspecified atom stereocenters. The van der Waals surface area contributed by atoms with Crippen LogP contribution in [-0.4, -0.2) is 36.0 Å². The van der Waals surface area contributed by atoms with Gasteiger partial charge in [-0.3, -0.25) is 9.59 Å². The molecule has 0 aliphatic carbocycles. The van der Waals surface area contributed by atoms with Gasteiger partial charge in [0.25, 0.3) is 5.91 Å². The van der Waals surface area contributed by atoms with E-state index < -0.39 is 18.4 Å². The highest BCUT2D eigenvalue weighted by molar-refractivity contribution is 6.02. The quantitative estimate of drug-likeness (QED) is 0.671. The van der Waals surface area contributed by atoms with Crippen LogP contribution in [0.1, 0.15) is 32.2 Å². The minimum Gasteiger partial charge on any atom is -0.482 e. The highest BCUT2D eigenvalue weighted by Crippen LogP contribution is 2.28. The lowest BCUT2D eigenvalue weighted by Gasteiger charge is -2.18. The number of anilines is 1. The van der Waals surface area contributed by atoms with Gasteiger partial charge in [-0.05, 0) is 32.0 Å². The van der Waals surface area contributed by atoms with Crippen LogP contribution in [-0.2, 0) is 9.53 Å². The largest absolute Gasteiger partial charge is 0.482 e. The third-order valence-corrected chi connectivity index (χ3v) is 3.51. The van der Waals surface area contributed by atoms with E-state index in [-0.39, 0.29) is 18.1 Å². The van der Waals surface area contributed by atoms with Crippen molar-refractivity contribution < 1.29 is 28.4 Å². The first kappa shape index (κ1) is 15.7. The number of esters is 1. The van der Waals surface area contributed by atoms with Gasteiger partial charge in [0.2, 0.25) is 0 Å². The summed E-state index contributed by atoms with van der Waals surface area (Å²) in [5.74, 6) is -0.554. The van der Waals surface area contributed by atoms with Gasteiger partial charge in [-0.25, -0.2) is 4.79 Å². The lowest BCUT2D eigenvalue weighted by atomic mass is 10.1. The highest BCUT2D eigenvalue weighted by Gasteiger charge is 2.21. The lowest BCUT2D eigenvalue weighted by molar-refractivity contribution is -0.118. The average molecular weight is 330 g/mol. The number of rotatable bonds is 4. The number of carbonyl (C=O) groups excluding carboxylic acids is 3. The van der Waals surface area contributed by atoms with Crippen LogP contribution in [0.25, 0.3) is 0 Å². The molecule has 2 heterocycles. The molecule has 1 N–H and O–H groups in total. The maximum Gasteiger partial charge on any atom is 0.344 e. The van der Waals surface area contributed by atoms with E-state index in [0.717, 1.165) is 0 Å². The topological polar surface area (TPSA) is 108 Å². The SMILES string of the molecule is Cc1noc(C)c1C(=O)OCC(=O)c1ccc2c(c1)NC(=O)CO2. The summed E-state index contributed by atoms with van der Waals surface area (Å²) in [6.45, 7) is 2.71.